The van der Waals surface area contributed by atoms with Crippen LogP contribution in [0.15, 0.2) is 48.6 Å². The molecule has 0 unspecified atom stereocenters. The van der Waals surface area contributed by atoms with Crippen molar-refractivity contribution in [2.24, 2.45) is 0 Å². The summed E-state index contributed by atoms with van der Waals surface area (Å²) in [7, 11) is 0. The Balaban J connectivity index is 2.27. The Hall–Kier alpha value is -1.63. The predicted molar refractivity (Wildman–Crippen MR) is 54.6 cm³/mol. The molecule has 0 atom stereocenters. The third-order valence-corrected chi connectivity index (χ3v) is 2.63. The van der Waals surface area contributed by atoms with E-state index in [0.717, 1.165) is 23.0 Å². The van der Waals surface area contributed by atoms with Crippen LogP contribution < -0.4 is 0 Å². The summed E-state index contributed by atoms with van der Waals surface area (Å²) in [6, 6.07) is 7.76. The Kier molecular flexibility index (Phi) is 1.48. The number of carbonyl (C=O) groups is 1. The van der Waals surface area contributed by atoms with Gasteiger partial charge in [0.1, 0.15) is 0 Å². The van der Waals surface area contributed by atoms with Crippen LogP contribution in [0.4, 0.5) is 0 Å². The minimum absolute atomic E-state index is 0.102. The molecule has 4 bridgehead atoms. The van der Waals surface area contributed by atoms with Crippen LogP contribution in [-0.4, -0.2) is 5.78 Å². The van der Waals surface area contributed by atoms with E-state index in [0.29, 0.717) is 0 Å². The van der Waals surface area contributed by atoms with E-state index < -0.39 is 0 Å². The maximum Gasteiger partial charge on any atom is 0.178 e. The van der Waals surface area contributed by atoms with Crippen molar-refractivity contribution in [2.75, 3.05) is 0 Å². The van der Waals surface area contributed by atoms with Crippen LogP contribution in [0.2, 0.25) is 0 Å². The Labute approximate surface area is 82.8 Å². The molecule has 1 aromatic carbocycles. The molecular weight excluding hydrogens is 172 g/mol. The maximum atomic E-state index is 11.9. The van der Waals surface area contributed by atoms with Gasteiger partial charge in [0.15, 0.2) is 5.78 Å². The van der Waals surface area contributed by atoms with E-state index >= 15 is 0 Å². The molecule has 14 heavy (non-hydrogen) atoms. The van der Waals surface area contributed by atoms with Crippen molar-refractivity contribution in [3.63, 3.8) is 0 Å². The molecule has 0 aromatic heterocycles. The van der Waals surface area contributed by atoms with E-state index in [1.807, 2.05) is 48.6 Å². The number of hydrogen-bond donors (Lipinski definition) is 0. The van der Waals surface area contributed by atoms with Gasteiger partial charge in [-0.1, -0.05) is 48.6 Å². The van der Waals surface area contributed by atoms with E-state index in [1.165, 1.54) is 0 Å². The third kappa shape index (κ3) is 0.987. The lowest BCUT2D eigenvalue weighted by Gasteiger charge is -2.11. The summed E-state index contributed by atoms with van der Waals surface area (Å²) in [4.78, 5) is 11.9. The fraction of sp³-hybridized carbons (Fsp3) is 0. The van der Waals surface area contributed by atoms with Crippen LogP contribution in [-0.2, 0) is 0 Å². The van der Waals surface area contributed by atoms with Gasteiger partial charge in [0.2, 0.25) is 0 Å². The van der Waals surface area contributed by atoms with Gasteiger partial charge in [-0.15, -0.1) is 0 Å². The van der Waals surface area contributed by atoms with Crippen molar-refractivity contribution in [3.05, 3.63) is 71.5 Å². The molecular formula is C13H8O. The summed E-state index contributed by atoms with van der Waals surface area (Å²) in [5.41, 5.74) is 1.93. The average molecular weight is 180 g/mol. The van der Waals surface area contributed by atoms with Crippen LogP contribution in [0.3, 0.4) is 0 Å². The highest BCUT2D eigenvalue weighted by Gasteiger charge is 2.22. The Morgan fingerprint density at radius 2 is 1.14 bits per heavy atom. The van der Waals surface area contributed by atoms with Crippen molar-refractivity contribution < 1.29 is 4.79 Å². The van der Waals surface area contributed by atoms with Crippen LogP contribution in [0.1, 0.15) is 15.9 Å². The number of benzene rings is 1. The first-order valence-electron chi connectivity index (χ1n) is 4.60. The number of carbonyl (C=O) groups excluding carboxylic acids is 1. The molecule has 0 amide bonds. The molecule has 0 saturated heterocycles. The van der Waals surface area contributed by atoms with E-state index in [-0.39, 0.29) is 5.78 Å². The van der Waals surface area contributed by atoms with Gasteiger partial charge in [-0.25, -0.2) is 0 Å². The molecule has 1 heteroatoms. The molecule has 5 aliphatic carbocycles. The summed E-state index contributed by atoms with van der Waals surface area (Å²) >= 11 is 0. The Morgan fingerprint density at radius 3 is 1.79 bits per heavy atom. The molecule has 5 aliphatic rings. The van der Waals surface area contributed by atoms with Crippen molar-refractivity contribution in [3.8, 4) is 0 Å². The van der Waals surface area contributed by atoms with Gasteiger partial charge in [-0.3, -0.25) is 4.79 Å². The van der Waals surface area contributed by atoms with Gasteiger partial charge < -0.3 is 0 Å². The van der Waals surface area contributed by atoms with E-state index in [2.05, 4.69) is 0 Å². The second-order valence-corrected chi connectivity index (χ2v) is 3.48. The lowest BCUT2D eigenvalue weighted by atomic mass is 9.91. The molecule has 0 heterocycles. The largest absolute Gasteiger partial charge is 0.293 e. The highest BCUT2D eigenvalue weighted by atomic mass is 16.1. The lowest BCUT2D eigenvalue weighted by molar-refractivity contribution is 0.102. The van der Waals surface area contributed by atoms with Crippen molar-refractivity contribution in [2.45, 2.75) is 0 Å². The Morgan fingerprint density at radius 1 is 0.643 bits per heavy atom. The Bertz CT molecular complexity index is 423. The third-order valence-electron chi connectivity index (χ3n) is 2.63. The first-order chi connectivity index (χ1) is 6.84. The standard InChI is InChI=1S/C13H8O/c14-13-11-5-1-9(2-6-11)10-3-7-12(13)8-4-10/h1-8H. The van der Waals surface area contributed by atoms with Gasteiger partial charge in [0, 0.05) is 11.5 Å². The highest BCUT2D eigenvalue weighted by Crippen LogP contribution is 2.29. The minimum Gasteiger partial charge on any atom is -0.293 e. The van der Waals surface area contributed by atoms with Crippen molar-refractivity contribution >= 4 is 5.78 Å². The molecule has 1 aromatic rings. The number of allylic oxidation sites excluding steroid dienone is 4. The van der Waals surface area contributed by atoms with Gasteiger partial charge in [0.25, 0.3) is 0 Å². The predicted octanol–water partition coefficient (Wildman–Crippen LogP) is 2.51. The SMILES string of the molecule is O=C1[C]2C=C[C](C=C2)c2ccc1cc2. The number of hydrogen-bond acceptors (Lipinski definition) is 1. The molecule has 1 nitrogen and oxygen atoms in total. The van der Waals surface area contributed by atoms with Gasteiger partial charge in [-0.2, -0.15) is 0 Å². The average Bonchev–Trinajstić information content (AvgIpc) is 2.42. The normalized spacial score (nSPS) is 19.9. The van der Waals surface area contributed by atoms with Crippen molar-refractivity contribution in [1.82, 2.24) is 0 Å². The van der Waals surface area contributed by atoms with Crippen molar-refractivity contribution in [1.29, 1.82) is 0 Å². The number of Topliss-reactive ketones (excluding diaryl/α,β-unsaturated/α-hetero) is 1. The molecule has 66 valence electrons. The monoisotopic (exact) mass is 180 g/mol. The van der Waals surface area contributed by atoms with Crippen LogP contribution in [0.5, 0.6) is 0 Å². The van der Waals surface area contributed by atoms with Crippen LogP contribution in [0.25, 0.3) is 0 Å². The van der Waals surface area contributed by atoms with Gasteiger partial charge in [0.05, 0.1) is 5.92 Å². The molecule has 0 aliphatic heterocycles. The van der Waals surface area contributed by atoms with Crippen LogP contribution in [0, 0.1) is 11.8 Å². The molecule has 0 saturated carbocycles. The maximum absolute atomic E-state index is 11.9. The fourth-order valence-electron chi connectivity index (χ4n) is 1.79. The molecule has 6 rings (SSSR count). The minimum atomic E-state index is 0.102. The summed E-state index contributed by atoms with van der Waals surface area (Å²) in [6.07, 6.45) is 7.76. The smallest absolute Gasteiger partial charge is 0.178 e. The summed E-state index contributed by atoms with van der Waals surface area (Å²) < 4.78 is 0. The quantitative estimate of drug-likeness (QED) is 0.599. The van der Waals surface area contributed by atoms with E-state index in [4.69, 9.17) is 0 Å². The zero-order valence-corrected chi connectivity index (χ0v) is 7.53. The molecule has 0 fully saturated rings. The molecule has 2 radical (unpaired) electrons. The zero-order valence-electron chi connectivity index (χ0n) is 7.53. The summed E-state index contributed by atoms with van der Waals surface area (Å²) in [5, 5.41) is 0. The number of ketones is 1. The first-order valence-corrected chi connectivity index (χ1v) is 4.60. The molecule has 0 spiro atoms. The summed E-state index contributed by atoms with van der Waals surface area (Å²) in [5.74, 6) is 2.03. The first kappa shape index (κ1) is 7.74. The second kappa shape index (κ2) is 2.68. The fourth-order valence-corrected chi connectivity index (χ4v) is 1.79. The van der Waals surface area contributed by atoms with E-state index in [9.17, 15) is 4.79 Å². The lowest BCUT2D eigenvalue weighted by Crippen LogP contribution is -2.08. The van der Waals surface area contributed by atoms with E-state index in [1.54, 1.807) is 0 Å². The van der Waals surface area contributed by atoms with Gasteiger partial charge >= 0.3 is 0 Å². The zero-order chi connectivity index (χ0) is 9.54. The van der Waals surface area contributed by atoms with Crippen LogP contribution >= 0.6 is 0 Å². The highest BCUT2D eigenvalue weighted by molar-refractivity contribution is 6.10. The number of rotatable bonds is 0. The van der Waals surface area contributed by atoms with Gasteiger partial charge in [-0.05, 0) is 5.56 Å². The summed E-state index contributed by atoms with van der Waals surface area (Å²) in [6.45, 7) is 0. The topological polar surface area (TPSA) is 17.1 Å². The second-order valence-electron chi connectivity index (χ2n) is 3.48. The molecule has 0 N–H and O–H groups in total.